The van der Waals surface area contributed by atoms with Crippen molar-refractivity contribution >= 4 is 11.9 Å². The highest BCUT2D eigenvalue weighted by molar-refractivity contribution is 5.92. The van der Waals surface area contributed by atoms with Crippen LogP contribution in [0.15, 0.2) is 12.3 Å². The first-order chi connectivity index (χ1) is 9.65. The van der Waals surface area contributed by atoms with E-state index in [1.54, 1.807) is 12.3 Å². The fourth-order valence-corrected chi connectivity index (χ4v) is 2.29. The fourth-order valence-electron chi connectivity index (χ4n) is 2.29. The van der Waals surface area contributed by atoms with E-state index in [9.17, 15) is 4.79 Å². The second kappa shape index (κ2) is 7.19. The molecule has 2 N–H and O–H groups in total. The Morgan fingerprint density at radius 2 is 2.15 bits per heavy atom. The molecule has 1 saturated carbocycles. The van der Waals surface area contributed by atoms with Gasteiger partial charge in [-0.3, -0.25) is 4.79 Å². The smallest absolute Gasteiger partial charge is 0.270 e. The summed E-state index contributed by atoms with van der Waals surface area (Å²) in [6.07, 6.45) is 6.45. The van der Waals surface area contributed by atoms with Crippen molar-refractivity contribution in [3.05, 3.63) is 18.0 Å². The largest absolute Gasteiger partial charge is 0.351 e. The molecule has 1 aliphatic rings. The molecule has 0 radical (unpaired) electrons. The monoisotopic (exact) mass is 277 g/mol. The molecule has 0 spiro atoms. The number of carbonyl (C=O) groups excluding carboxylic acids is 1. The second-order valence-corrected chi connectivity index (χ2v) is 5.45. The van der Waals surface area contributed by atoms with Crippen molar-refractivity contribution in [2.24, 2.45) is 0 Å². The Kier molecular flexibility index (Phi) is 5.29. The Morgan fingerprint density at radius 1 is 1.40 bits per heavy atom. The molecule has 6 nitrogen and oxygen atoms in total. The number of hydrogen-bond donors (Lipinski definition) is 2. The topological polar surface area (TPSA) is 70.2 Å². The zero-order valence-electron chi connectivity index (χ0n) is 12.2. The minimum Gasteiger partial charge on any atom is -0.351 e. The molecule has 0 aliphatic heterocycles. The van der Waals surface area contributed by atoms with Gasteiger partial charge in [-0.15, -0.1) is 0 Å². The minimum atomic E-state index is -0.149. The summed E-state index contributed by atoms with van der Waals surface area (Å²) in [5, 5.41) is 6.15. The maximum Gasteiger partial charge on any atom is 0.270 e. The van der Waals surface area contributed by atoms with E-state index in [0.717, 1.165) is 19.4 Å². The molecule has 0 saturated heterocycles. The summed E-state index contributed by atoms with van der Waals surface area (Å²) in [5.41, 5.74) is 0.416. The van der Waals surface area contributed by atoms with Crippen molar-refractivity contribution in [3.63, 3.8) is 0 Å². The molecule has 2 rings (SSSR count). The number of rotatable bonds is 6. The molecular formula is C14H23N5O. The van der Waals surface area contributed by atoms with E-state index in [1.807, 2.05) is 19.0 Å². The average molecular weight is 277 g/mol. The highest BCUT2D eigenvalue weighted by Gasteiger charge is 2.16. The summed E-state index contributed by atoms with van der Waals surface area (Å²) < 4.78 is 0. The molecule has 110 valence electrons. The number of carbonyl (C=O) groups is 1. The minimum absolute atomic E-state index is 0.149. The molecule has 0 atom stereocenters. The van der Waals surface area contributed by atoms with E-state index >= 15 is 0 Å². The van der Waals surface area contributed by atoms with Gasteiger partial charge in [0.15, 0.2) is 0 Å². The summed E-state index contributed by atoms with van der Waals surface area (Å²) >= 11 is 0. The van der Waals surface area contributed by atoms with E-state index in [4.69, 9.17) is 0 Å². The molecule has 0 aromatic carbocycles. The lowest BCUT2D eigenvalue weighted by Gasteiger charge is -2.13. The Morgan fingerprint density at radius 3 is 2.85 bits per heavy atom. The molecule has 1 aromatic rings. The Labute approximate surface area is 120 Å². The first-order valence-corrected chi connectivity index (χ1v) is 7.17. The van der Waals surface area contributed by atoms with Crippen molar-refractivity contribution in [2.45, 2.75) is 31.7 Å². The van der Waals surface area contributed by atoms with Crippen molar-refractivity contribution in [2.75, 3.05) is 32.5 Å². The molecule has 1 amide bonds. The van der Waals surface area contributed by atoms with Gasteiger partial charge in [-0.2, -0.15) is 0 Å². The van der Waals surface area contributed by atoms with Gasteiger partial charge in [0.2, 0.25) is 5.95 Å². The first-order valence-electron chi connectivity index (χ1n) is 7.17. The zero-order chi connectivity index (χ0) is 14.4. The molecular weight excluding hydrogens is 254 g/mol. The van der Waals surface area contributed by atoms with Crippen LogP contribution in [0.25, 0.3) is 0 Å². The van der Waals surface area contributed by atoms with Crippen molar-refractivity contribution in [1.29, 1.82) is 0 Å². The normalized spacial score (nSPS) is 15.6. The molecule has 1 fully saturated rings. The van der Waals surface area contributed by atoms with E-state index in [1.165, 1.54) is 12.8 Å². The van der Waals surface area contributed by atoms with E-state index in [0.29, 0.717) is 24.2 Å². The van der Waals surface area contributed by atoms with Gasteiger partial charge in [0.25, 0.3) is 5.91 Å². The number of aromatic nitrogens is 2. The van der Waals surface area contributed by atoms with Crippen molar-refractivity contribution in [1.82, 2.24) is 20.2 Å². The third kappa shape index (κ3) is 4.45. The van der Waals surface area contributed by atoms with E-state index < -0.39 is 0 Å². The van der Waals surface area contributed by atoms with Crippen LogP contribution in [0, 0.1) is 0 Å². The number of amides is 1. The van der Waals surface area contributed by atoms with Crippen LogP contribution in [0.4, 0.5) is 5.95 Å². The summed E-state index contributed by atoms with van der Waals surface area (Å²) in [6.45, 7) is 1.42. The van der Waals surface area contributed by atoms with Crippen LogP contribution < -0.4 is 10.6 Å². The maximum absolute atomic E-state index is 12.0. The number of nitrogens with one attached hydrogen (secondary N) is 2. The molecule has 6 heteroatoms. The van der Waals surface area contributed by atoms with E-state index in [-0.39, 0.29) is 5.91 Å². The van der Waals surface area contributed by atoms with Gasteiger partial charge in [0, 0.05) is 25.3 Å². The van der Waals surface area contributed by atoms with Crippen LogP contribution >= 0.6 is 0 Å². The lowest BCUT2D eigenvalue weighted by molar-refractivity contribution is 0.0946. The van der Waals surface area contributed by atoms with Gasteiger partial charge in [0.1, 0.15) is 5.69 Å². The predicted molar refractivity (Wildman–Crippen MR) is 78.8 cm³/mol. The van der Waals surface area contributed by atoms with Gasteiger partial charge < -0.3 is 15.5 Å². The molecule has 0 bridgehead atoms. The first kappa shape index (κ1) is 14.7. The number of nitrogens with zero attached hydrogens (tertiary/aromatic N) is 3. The average Bonchev–Trinajstić information content (AvgIpc) is 2.91. The van der Waals surface area contributed by atoms with Crippen LogP contribution in [0.2, 0.25) is 0 Å². The molecule has 20 heavy (non-hydrogen) atoms. The third-order valence-electron chi connectivity index (χ3n) is 3.42. The Bertz CT molecular complexity index is 443. The molecule has 1 aliphatic carbocycles. The van der Waals surface area contributed by atoms with Crippen LogP contribution in [0.3, 0.4) is 0 Å². The van der Waals surface area contributed by atoms with Gasteiger partial charge in [-0.1, -0.05) is 12.8 Å². The van der Waals surface area contributed by atoms with Crippen LogP contribution in [-0.2, 0) is 0 Å². The van der Waals surface area contributed by atoms with E-state index in [2.05, 4.69) is 20.6 Å². The summed E-state index contributed by atoms with van der Waals surface area (Å²) in [4.78, 5) is 22.5. The number of anilines is 1. The second-order valence-electron chi connectivity index (χ2n) is 5.45. The highest BCUT2D eigenvalue weighted by Crippen LogP contribution is 2.20. The third-order valence-corrected chi connectivity index (χ3v) is 3.42. The van der Waals surface area contributed by atoms with Gasteiger partial charge >= 0.3 is 0 Å². The molecule has 0 unspecified atom stereocenters. The number of likely N-dealkylation sites (N-methyl/N-ethyl adjacent to an activating group) is 1. The number of hydrogen-bond acceptors (Lipinski definition) is 5. The van der Waals surface area contributed by atoms with Gasteiger partial charge in [0.05, 0.1) is 0 Å². The zero-order valence-corrected chi connectivity index (χ0v) is 12.2. The van der Waals surface area contributed by atoms with Crippen molar-refractivity contribution < 1.29 is 4.79 Å². The Balaban J connectivity index is 1.89. The summed E-state index contributed by atoms with van der Waals surface area (Å²) in [5.74, 6) is 0.404. The van der Waals surface area contributed by atoms with Gasteiger partial charge in [-0.25, -0.2) is 9.97 Å². The SMILES string of the molecule is CN(C)CCNC(=O)c1ccnc(NC2CCCC2)n1. The highest BCUT2D eigenvalue weighted by atomic mass is 16.1. The fraction of sp³-hybridized carbons (Fsp3) is 0.643. The van der Waals surface area contributed by atoms with Gasteiger partial charge in [-0.05, 0) is 33.0 Å². The predicted octanol–water partition coefficient (Wildman–Crippen LogP) is 1.12. The quantitative estimate of drug-likeness (QED) is 0.815. The summed E-state index contributed by atoms with van der Waals surface area (Å²) in [6, 6.07) is 2.09. The standard InChI is InChI=1S/C14H23N5O/c1-19(2)10-9-15-13(20)12-7-8-16-14(18-12)17-11-5-3-4-6-11/h7-8,11H,3-6,9-10H2,1-2H3,(H,15,20)(H,16,17,18). The lowest BCUT2D eigenvalue weighted by Crippen LogP contribution is -2.32. The summed E-state index contributed by atoms with van der Waals surface area (Å²) in [7, 11) is 3.95. The van der Waals surface area contributed by atoms with Crippen molar-refractivity contribution in [3.8, 4) is 0 Å². The molecule has 1 heterocycles. The van der Waals surface area contributed by atoms with Crippen LogP contribution in [0.1, 0.15) is 36.2 Å². The lowest BCUT2D eigenvalue weighted by atomic mass is 10.2. The van der Waals surface area contributed by atoms with Crippen LogP contribution in [0.5, 0.6) is 0 Å². The molecule has 1 aromatic heterocycles. The Hall–Kier alpha value is -1.69. The van der Waals surface area contributed by atoms with Crippen LogP contribution in [-0.4, -0.2) is 54.0 Å². The maximum atomic E-state index is 12.0.